The van der Waals surface area contributed by atoms with Gasteiger partial charge in [0.2, 0.25) is 0 Å². The molecule has 1 aliphatic carbocycles. The average molecular weight is 404 g/mol. The summed E-state index contributed by atoms with van der Waals surface area (Å²) in [5, 5.41) is 15.2. The van der Waals surface area contributed by atoms with E-state index in [-0.39, 0.29) is 17.5 Å². The molecule has 5 heteroatoms. The highest BCUT2D eigenvalue weighted by Gasteiger charge is 2.38. The normalized spacial score (nSPS) is 24.2. The second kappa shape index (κ2) is 5.94. The number of hydrogen-bond donors (Lipinski definition) is 1. The van der Waals surface area contributed by atoms with E-state index in [0.29, 0.717) is 10.9 Å². The number of nitrogens with one attached hydrogen (secondary N) is 1. The summed E-state index contributed by atoms with van der Waals surface area (Å²) >= 11 is 9.91. The molecule has 1 aliphatic heterocycles. The Kier molecular flexibility index (Phi) is 3.89. The van der Waals surface area contributed by atoms with Crippen LogP contribution in [0, 0.1) is 5.92 Å². The standard InChI is InChI=1S/C19H15BrClNO2/c20-12-4-1-3-10(7-12)17-14-6-2-5-13(14)15-8-11(19(23)24)9-16(21)18(15)22-17/h1-5,7-9,13-14,17,22H,6H2,(H,23,24)/p-1/t13-,14+,17+/m1/s1. The number of hydrogen-bond acceptors (Lipinski definition) is 3. The minimum atomic E-state index is -1.20. The number of anilines is 1. The zero-order valence-electron chi connectivity index (χ0n) is 12.6. The van der Waals surface area contributed by atoms with Crippen molar-refractivity contribution in [1.82, 2.24) is 0 Å². The number of allylic oxidation sites excluding steroid dienone is 2. The summed E-state index contributed by atoms with van der Waals surface area (Å²) in [5.41, 5.74) is 3.07. The van der Waals surface area contributed by atoms with Crippen LogP contribution in [-0.4, -0.2) is 5.97 Å². The highest BCUT2D eigenvalue weighted by Crippen LogP contribution is 2.51. The van der Waals surface area contributed by atoms with Gasteiger partial charge in [-0.05, 0) is 53.3 Å². The lowest BCUT2D eigenvalue weighted by Gasteiger charge is -2.38. The fourth-order valence-electron chi connectivity index (χ4n) is 3.80. The van der Waals surface area contributed by atoms with E-state index in [4.69, 9.17) is 11.6 Å². The Labute approximate surface area is 153 Å². The van der Waals surface area contributed by atoms with Gasteiger partial charge in [0, 0.05) is 10.4 Å². The van der Waals surface area contributed by atoms with Gasteiger partial charge >= 0.3 is 0 Å². The molecule has 1 N–H and O–H groups in total. The fourth-order valence-corrected chi connectivity index (χ4v) is 4.50. The Morgan fingerprint density at radius 3 is 2.88 bits per heavy atom. The molecule has 0 spiro atoms. The molecule has 122 valence electrons. The molecule has 4 rings (SSSR count). The maximum atomic E-state index is 11.2. The number of halogens is 2. The molecule has 24 heavy (non-hydrogen) atoms. The maximum Gasteiger partial charge on any atom is 0.0715 e. The summed E-state index contributed by atoms with van der Waals surface area (Å²) in [6, 6.07) is 11.5. The zero-order chi connectivity index (χ0) is 16.8. The van der Waals surface area contributed by atoms with E-state index in [0.717, 1.165) is 22.1 Å². The maximum absolute atomic E-state index is 11.2. The quantitative estimate of drug-likeness (QED) is 0.761. The number of carbonyl (C=O) groups excluding carboxylic acids is 1. The van der Waals surface area contributed by atoms with Gasteiger partial charge in [-0.25, -0.2) is 0 Å². The lowest BCUT2D eigenvalue weighted by molar-refractivity contribution is -0.255. The van der Waals surface area contributed by atoms with Gasteiger partial charge in [-0.2, -0.15) is 0 Å². The van der Waals surface area contributed by atoms with Crippen molar-refractivity contribution < 1.29 is 9.90 Å². The van der Waals surface area contributed by atoms with Gasteiger partial charge in [-0.1, -0.05) is 51.8 Å². The van der Waals surface area contributed by atoms with Crippen LogP contribution in [0.1, 0.15) is 39.9 Å². The van der Waals surface area contributed by atoms with Crippen LogP contribution in [0.4, 0.5) is 5.69 Å². The van der Waals surface area contributed by atoms with Crippen molar-refractivity contribution >= 4 is 39.2 Å². The smallest absolute Gasteiger partial charge is 0.0715 e. The van der Waals surface area contributed by atoms with Gasteiger partial charge in [-0.15, -0.1) is 0 Å². The predicted octanol–water partition coefficient (Wildman–Crippen LogP) is 4.29. The molecule has 0 fully saturated rings. The van der Waals surface area contributed by atoms with Gasteiger partial charge in [0.05, 0.1) is 22.7 Å². The fraction of sp³-hybridized carbons (Fsp3) is 0.211. The zero-order valence-corrected chi connectivity index (χ0v) is 15.0. The van der Waals surface area contributed by atoms with Crippen LogP contribution in [0.5, 0.6) is 0 Å². The molecule has 3 atom stereocenters. The molecule has 0 unspecified atom stereocenters. The SMILES string of the molecule is O=C([O-])c1cc(Cl)c2c(c1)[C@@H]1C=CC[C@@H]1[C@H](c1cccc(Br)c1)N2. The van der Waals surface area contributed by atoms with E-state index in [2.05, 4.69) is 45.5 Å². The molecule has 0 bridgehead atoms. The summed E-state index contributed by atoms with van der Waals surface area (Å²) in [5.74, 6) is -0.714. The van der Waals surface area contributed by atoms with Crippen molar-refractivity contribution in [3.05, 3.63) is 74.7 Å². The second-order valence-electron chi connectivity index (χ2n) is 6.24. The molecule has 0 saturated heterocycles. The van der Waals surface area contributed by atoms with Crippen LogP contribution in [0.3, 0.4) is 0 Å². The molecule has 0 amide bonds. The van der Waals surface area contributed by atoms with Gasteiger partial charge in [0.25, 0.3) is 0 Å². The highest BCUT2D eigenvalue weighted by molar-refractivity contribution is 9.10. The molecule has 2 aliphatic rings. The van der Waals surface area contributed by atoms with E-state index in [1.807, 2.05) is 12.1 Å². The summed E-state index contributed by atoms with van der Waals surface area (Å²) in [7, 11) is 0. The molecule has 3 nitrogen and oxygen atoms in total. The molecule has 2 aromatic carbocycles. The monoisotopic (exact) mass is 402 g/mol. The number of carbonyl (C=O) groups is 1. The lowest BCUT2D eigenvalue weighted by Crippen LogP contribution is -2.30. The first kappa shape index (κ1) is 15.7. The molecule has 1 heterocycles. The Bertz CT molecular complexity index is 864. The van der Waals surface area contributed by atoms with Crippen molar-refractivity contribution in [2.75, 3.05) is 5.32 Å². The van der Waals surface area contributed by atoms with Crippen LogP contribution in [0.2, 0.25) is 5.02 Å². The molecule has 0 aromatic heterocycles. The predicted molar refractivity (Wildman–Crippen MR) is 96.3 cm³/mol. The Hall–Kier alpha value is -1.78. The Morgan fingerprint density at radius 2 is 2.12 bits per heavy atom. The highest BCUT2D eigenvalue weighted by atomic mass is 79.9. The van der Waals surface area contributed by atoms with Crippen LogP contribution in [0.15, 0.2) is 53.0 Å². The number of carboxylic acids is 1. The number of aromatic carboxylic acids is 1. The number of fused-ring (bicyclic) bond motifs is 3. The third-order valence-corrected chi connectivity index (χ3v) is 5.66. The van der Waals surface area contributed by atoms with Crippen molar-refractivity contribution in [3.8, 4) is 0 Å². The van der Waals surface area contributed by atoms with Crippen molar-refractivity contribution in [2.24, 2.45) is 5.92 Å². The summed E-state index contributed by atoms with van der Waals surface area (Å²) in [6.07, 6.45) is 5.27. The van der Waals surface area contributed by atoms with Crippen LogP contribution in [-0.2, 0) is 0 Å². The second-order valence-corrected chi connectivity index (χ2v) is 7.56. The molecule has 0 saturated carbocycles. The van der Waals surface area contributed by atoms with Crippen LogP contribution >= 0.6 is 27.5 Å². The van der Waals surface area contributed by atoms with Gasteiger partial charge in [0.1, 0.15) is 0 Å². The minimum Gasteiger partial charge on any atom is -0.545 e. The first-order valence-corrected chi connectivity index (χ1v) is 8.95. The largest absolute Gasteiger partial charge is 0.545 e. The van der Waals surface area contributed by atoms with Crippen molar-refractivity contribution in [2.45, 2.75) is 18.4 Å². The van der Waals surface area contributed by atoms with Crippen LogP contribution < -0.4 is 10.4 Å². The van der Waals surface area contributed by atoms with E-state index in [1.54, 1.807) is 6.07 Å². The Balaban J connectivity index is 1.83. The van der Waals surface area contributed by atoms with Gasteiger partial charge < -0.3 is 15.2 Å². The first-order chi connectivity index (χ1) is 11.5. The van der Waals surface area contributed by atoms with Crippen LogP contribution in [0.25, 0.3) is 0 Å². The van der Waals surface area contributed by atoms with E-state index < -0.39 is 5.97 Å². The minimum absolute atomic E-state index is 0.125. The summed E-state index contributed by atoms with van der Waals surface area (Å²) in [6.45, 7) is 0. The number of rotatable bonds is 2. The third kappa shape index (κ3) is 2.54. The number of carboxylic acid groups (broad SMARTS) is 1. The summed E-state index contributed by atoms with van der Waals surface area (Å²) in [4.78, 5) is 11.2. The van der Waals surface area contributed by atoms with Gasteiger partial charge in [-0.3, -0.25) is 0 Å². The third-order valence-electron chi connectivity index (χ3n) is 4.86. The number of benzene rings is 2. The summed E-state index contributed by atoms with van der Waals surface area (Å²) < 4.78 is 1.04. The van der Waals surface area contributed by atoms with Crippen molar-refractivity contribution in [3.63, 3.8) is 0 Å². The topological polar surface area (TPSA) is 52.2 Å². The molecular formula is C19H14BrClNO2-. The average Bonchev–Trinajstić information content (AvgIpc) is 3.04. The lowest BCUT2D eigenvalue weighted by atomic mass is 9.76. The van der Waals surface area contributed by atoms with Crippen molar-refractivity contribution in [1.29, 1.82) is 0 Å². The first-order valence-electron chi connectivity index (χ1n) is 7.78. The molecular weight excluding hydrogens is 390 g/mol. The van der Waals surface area contributed by atoms with E-state index >= 15 is 0 Å². The van der Waals surface area contributed by atoms with E-state index in [9.17, 15) is 9.90 Å². The molecule has 0 radical (unpaired) electrons. The Morgan fingerprint density at radius 1 is 1.29 bits per heavy atom. The molecule has 2 aromatic rings. The van der Waals surface area contributed by atoms with Gasteiger partial charge in [0.15, 0.2) is 0 Å². The van der Waals surface area contributed by atoms with E-state index in [1.165, 1.54) is 11.6 Å².